The number of hydrogen-bond donors (Lipinski definition) is 2. The molecule has 0 radical (unpaired) electrons. The fourth-order valence-corrected chi connectivity index (χ4v) is 1.16. The Morgan fingerprint density at radius 3 is 2.46 bits per heavy atom. The van der Waals surface area contributed by atoms with E-state index in [4.69, 9.17) is 10.8 Å². The molecule has 1 unspecified atom stereocenters. The highest BCUT2D eigenvalue weighted by molar-refractivity contribution is 5.85. The highest BCUT2D eigenvalue weighted by Crippen LogP contribution is 2.05. The van der Waals surface area contributed by atoms with Gasteiger partial charge in [-0.25, -0.2) is 0 Å². The van der Waals surface area contributed by atoms with Crippen LogP contribution < -0.4 is 5.73 Å². The van der Waals surface area contributed by atoms with Crippen LogP contribution in [0.4, 0.5) is 0 Å². The molecule has 0 saturated heterocycles. The van der Waals surface area contributed by atoms with E-state index in [2.05, 4.69) is 6.92 Å². The van der Waals surface area contributed by atoms with Crippen LogP contribution in [0.5, 0.6) is 0 Å². The summed E-state index contributed by atoms with van der Waals surface area (Å²) < 4.78 is 0. The number of carbonyl (C=O) groups is 1. The molecule has 0 saturated carbocycles. The lowest BCUT2D eigenvalue weighted by molar-refractivity contribution is -0.137. The topological polar surface area (TPSA) is 63.3 Å². The van der Waals surface area contributed by atoms with Gasteiger partial charge in [0.1, 0.15) is 0 Å². The van der Waals surface area contributed by atoms with Crippen molar-refractivity contribution in [1.29, 1.82) is 0 Å². The highest BCUT2D eigenvalue weighted by atomic mass is 35.5. The molecule has 0 heterocycles. The van der Waals surface area contributed by atoms with Gasteiger partial charge in [-0.2, -0.15) is 0 Å². The molecule has 80 valence electrons. The SMILES string of the molecule is CCCCCCC(N)CC(=O)O.Cl. The largest absolute Gasteiger partial charge is 0.481 e. The average molecular weight is 210 g/mol. The molecule has 0 spiro atoms. The maximum absolute atomic E-state index is 10.2. The molecule has 0 bridgehead atoms. The van der Waals surface area contributed by atoms with Crippen molar-refractivity contribution in [3.8, 4) is 0 Å². The Morgan fingerprint density at radius 2 is 2.00 bits per heavy atom. The van der Waals surface area contributed by atoms with Crippen molar-refractivity contribution in [2.24, 2.45) is 5.73 Å². The number of aliphatic carboxylic acids is 1. The second-order valence-corrected chi connectivity index (χ2v) is 3.21. The Labute approximate surface area is 86.1 Å². The minimum Gasteiger partial charge on any atom is -0.481 e. The van der Waals surface area contributed by atoms with Crippen molar-refractivity contribution in [1.82, 2.24) is 0 Å². The van der Waals surface area contributed by atoms with Crippen molar-refractivity contribution in [3.05, 3.63) is 0 Å². The Bertz CT molecular complexity index is 131. The summed E-state index contributed by atoms with van der Waals surface area (Å²) in [5.74, 6) is -0.794. The molecule has 0 fully saturated rings. The van der Waals surface area contributed by atoms with Crippen LogP contribution in [-0.2, 0) is 4.79 Å². The maximum Gasteiger partial charge on any atom is 0.304 e. The number of rotatable bonds is 7. The van der Waals surface area contributed by atoms with Crippen LogP contribution in [0.3, 0.4) is 0 Å². The van der Waals surface area contributed by atoms with Gasteiger partial charge < -0.3 is 10.8 Å². The molecular weight excluding hydrogens is 190 g/mol. The number of nitrogens with two attached hydrogens (primary N) is 1. The molecule has 0 amide bonds. The van der Waals surface area contributed by atoms with Gasteiger partial charge in [0.25, 0.3) is 0 Å². The predicted octanol–water partition coefficient (Wildman–Crippen LogP) is 2.18. The van der Waals surface area contributed by atoms with E-state index < -0.39 is 5.97 Å². The van der Waals surface area contributed by atoms with E-state index >= 15 is 0 Å². The lowest BCUT2D eigenvalue weighted by atomic mass is 10.1. The van der Waals surface area contributed by atoms with Crippen molar-refractivity contribution >= 4 is 18.4 Å². The zero-order chi connectivity index (χ0) is 9.40. The molecule has 0 aromatic rings. The third kappa shape index (κ3) is 11.7. The van der Waals surface area contributed by atoms with Gasteiger partial charge in [-0.3, -0.25) is 4.79 Å². The van der Waals surface area contributed by atoms with Crippen molar-refractivity contribution in [3.63, 3.8) is 0 Å². The predicted molar refractivity (Wildman–Crippen MR) is 56.2 cm³/mol. The first-order chi connectivity index (χ1) is 5.66. The summed E-state index contributed by atoms with van der Waals surface area (Å²) in [4.78, 5) is 10.2. The van der Waals surface area contributed by atoms with Crippen molar-refractivity contribution in [2.45, 2.75) is 51.5 Å². The monoisotopic (exact) mass is 209 g/mol. The molecule has 0 aliphatic rings. The summed E-state index contributed by atoms with van der Waals surface area (Å²) in [5, 5.41) is 8.41. The smallest absolute Gasteiger partial charge is 0.304 e. The van der Waals surface area contributed by atoms with Crippen molar-refractivity contribution in [2.75, 3.05) is 0 Å². The van der Waals surface area contributed by atoms with Crippen LogP contribution in [0, 0.1) is 0 Å². The third-order valence-corrected chi connectivity index (χ3v) is 1.87. The van der Waals surface area contributed by atoms with E-state index in [0.717, 1.165) is 12.8 Å². The van der Waals surface area contributed by atoms with Gasteiger partial charge >= 0.3 is 5.97 Å². The molecule has 0 aliphatic carbocycles. The first-order valence-corrected chi connectivity index (χ1v) is 4.64. The lowest BCUT2D eigenvalue weighted by Gasteiger charge is -2.07. The number of carboxylic acid groups (broad SMARTS) is 1. The molecule has 0 rings (SSSR count). The summed E-state index contributed by atoms with van der Waals surface area (Å²) in [6, 6.07) is -0.153. The highest BCUT2D eigenvalue weighted by Gasteiger charge is 2.06. The second-order valence-electron chi connectivity index (χ2n) is 3.21. The van der Waals surface area contributed by atoms with Gasteiger partial charge in [0.05, 0.1) is 6.42 Å². The molecule has 0 aliphatic heterocycles. The molecule has 4 heteroatoms. The molecule has 13 heavy (non-hydrogen) atoms. The number of carboxylic acids is 1. The van der Waals surface area contributed by atoms with Crippen LogP contribution >= 0.6 is 12.4 Å². The second kappa shape index (κ2) is 9.81. The van der Waals surface area contributed by atoms with Crippen LogP contribution in [0.1, 0.15) is 45.4 Å². The summed E-state index contributed by atoms with van der Waals surface area (Å²) >= 11 is 0. The number of unbranched alkanes of at least 4 members (excludes halogenated alkanes) is 3. The number of hydrogen-bond acceptors (Lipinski definition) is 2. The maximum atomic E-state index is 10.2. The molecule has 3 N–H and O–H groups in total. The van der Waals surface area contributed by atoms with Crippen molar-refractivity contribution < 1.29 is 9.90 Å². The zero-order valence-corrected chi connectivity index (χ0v) is 8.98. The first-order valence-electron chi connectivity index (χ1n) is 4.64. The van der Waals surface area contributed by atoms with Gasteiger partial charge in [-0.05, 0) is 6.42 Å². The van der Waals surface area contributed by atoms with Gasteiger partial charge in [-0.1, -0.05) is 32.6 Å². The minimum absolute atomic E-state index is 0. The van der Waals surface area contributed by atoms with Gasteiger partial charge in [0.15, 0.2) is 0 Å². The van der Waals surface area contributed by atoms with Gasteiger partial charge in [0.2, 0.25) is 0 Å². The summed E-state index contributed by atoms with van der Waals surface area (Å²) in [6.07, 6.45) is 5.60. The summed E-state index contributed by atoms with van der Waals surface area (Å²) in [7, 11) is 0. The molecule has 0 aromatic heterocycles. The Morgan fingerprint density at radius 1 is 1.38 bits per heavy atom. The molecule has 1 atom stereocenters. The third-order valence-electron chi connectivity index (χ3n) is 1.87. The Hall–Kier alpha value is -0.280. The van der Waals surface area contributed by atoms with E-state index in [1.54, 1.807) is 0 Å². The van der Waals surface area contributed by atoms with E-state index in [0.29, 0.717) is 0 Å². The van der Waals surface area contributed by atoms with E-state index in [9.17, 15) is 4.79 Å². The first kappa shape index (κ1) is 15.2. The Kier molecular flexibility index (Phi) is 11.5. The quantitative estimate of drug-likeness (QED) is 0.632. The van der Waals surface area contributed by atoms with Crippen LogP contribution in [-0.4, -0.2) is 17.1 Å². The van der Waals surface area contributed by atoms with E-state index in [1.165, 1.54) is 19.3 Å². The van der Waals surface area contributed by atoms with Crippen LogP contribution in [0.15, 0.2) is 0 Å². The summed E-state index contributed by atoms with van der Waals surface area (Å²) in [6.45, 7) is 2.15. The molecular formula is C9H20ClNO2. The molecule has 0 aromatic carbocycles. The van der Waals surface area contributed by atoms with E-state index in [1.807, 2.05) is 0 Å². The zero-order valence-electron chi connectivity index (χ0n) is 8.16. The van der Waals surface area contributed by atoms with Crippen LogP contribution in [0.2, 0.25) is 0 Å². The Balaban J connectivity index is 0. The fourth-order valence-electron chi connectivity index (χ4n) is 1.16. The lowest BCUT2D eigenvalue weighted by Crippen LogP contribution is -2.23. The van der Waals surface area contributed by atoms with E-state index in [-0.39, 0.29) is 24.9 Å². The van der Waals surface area contributed by atoms with Crippen LogP contribution in [0.25, 0.3) is 0 Å². The average Bonchev–Trinajstić information content (AvgIpc) is 1.97. The van der Waals surface area contributed by atoms with Gasteiger partial charge in [0, 0.05) is 6.04 Å². The number of halogens is 1. The van der Waals surface area contributed by atoms with Gasteiger partial charge in [-0.15, -0.1) is 12.4 Å². The molecule has 3 nitrogen and oxygen atoms in total. The standard InChI is InChI=1S/C9H19NO2.ClH/c1-2-3-4-5-6-8(10)7-9(11)12;/h8H,2-7,10H2,1H3,(H,11,12);1H. The fraction of sp³-hybridized carbons (Fsp3) is 0.889. The minimum atomic E-state index is -0.794. The normalized spacial score (nSPS) is 11.8. The summed E-state index contributed by atoms with van der Waals surface area (Å²) in [5.41, 5.74) is 5.58.